The van der Waals surface area contributed by atoms with Crippen LogP contribution in [0, 0.1) is 5.82 Å². The Labute approximate surface area is 156 Å². The smallest absolute Gasteiger partial charge is 0.260 e. The predicted molar refractivity (Wildman–Crippen MR) is 97.4 cm³/mol. The van der Waals surface area contributed by atoms with Crippen molar-refractivity contribution in [3.63, 3.8) is 0 Å². The molecule has 0 aromatic heterocycles. The first-order valence-corrected chi connectivity index (χ1v) is 8.53. The molecular formula is C19H20ClFN2O3. The molecule has 0 aliphatic rings. The van der Waals surface area contributed by atoms with Gasteiger partial charge < -0.3 is 15.0 Å². The molecule has 0 radical (unpaired) electrons. The molecule has 0 spiro atoms. The van der Waals surface area contributed by atoms with E-state index in [1.165, 1.54) is 23.1 Å². The molecular weight excluding hydrogens is 359 g/mol. The lowest BCUT2D eigenvalue weighted by Crippen LogP contribution is -2.42. The zero-order chi connectivity index (χ0) is 18.9. The van der Waals surface area contributed by atoms with Gasteiger partial charge in [-0.15, -0.1) is 0 Å². The first kappa shape index (κ1) is 19.7. The molecule has 0 aliphatic heterocycles. The second kappa shape index (κ2) is 9.77. The summed E-state index contributed by atoms with van der Waals surface area (Å²) in [7, 11) is 0. The van der Waals surface area contributed by atoms with Crippen molar-refractivity contribution in [1.82, 2.24) is 10.2 Å². The van der Waals surface area contributed by atoms with E-state index in [4.69, 9.17) is 16.3 Å². The van der Waals surface area contributed by atoms with Gasteiger partial charge in [-0.2, -0.15) is 0 Å². The number of likely N-dealkylation sites (N-methyl/N-ethyl adjacent to an activating group) is 1. The Balaban J connectivity index is 1.81. The minimum atomic E-state index is -0.538. The molecule has 2 aromatic carbocycles. The summed E-state index contributed by atoms with van der Waals surface area (Å²) in [6.07, 6.45) is 0. The van der Waals surface area contributed by atoms with Crippen LogP contribution in [0.2, 0.25) is 5.02 Å². The molecule has 7 heteroatoms. The summed E-state index contributed by atoms with van der Waals surface area (Å²) in [4.78, 5) is 25.6. The Morgan fingerprint density at radius 2 is 1.85 bits per heavy atom. The van der Waals surface area contributed by atoms with Crippen molar-refractivity contribution >= 4 is 23.4 Å². The molecule has 2 rings (SSSR count). The third kappa shape index (κ3) is 6.04. The van der Waals surface area contributed by atoms with E-state index in [1.807, 2.05) is 12.1 Å². The quantitative estimate of drug-likeness (QED) is 0.768. The number of halogens is 2. The van der Waals surface area contributed by atoms with Crippen molar-refractivity contribution in [2.45, 2.75) is 13.5 Å². The molecule has 0 saturated carbocycles. The van der Waals surface area contributed by atoms with Crippen molar-refractivity contribution in [1.29, 1.82) is 0 Å². The maximum absolute atomic E-state index is 13.5. The van der Waals surface area contributed by atoms with Gasteiger partial charge in [0.15, 0.2) is 18.2 Å². The van der Waals surface area contributed by atoms with Crippen LogP contribution in [0.1, 0.15) is 12.5 Å². The molecule has 0 saturated heterocycles. The Hall–Kier alpha value is -2.60. The third-order valence-corrected chi connectivity index (χ3v) is 3.91. The average molecular weight is 379 g/mol. The molecule has 138 valence electrons. The Morgan fingerprint density at radius 3 is 2.50 bits per heavy atom. The van der Waals surface area contributed by atoms with E-state index in [1.54, 1.807) is 25.1 Å². The number of ether oxygens (including phenoxy) is 1. The molecule has 0 fully saturated rings. The van der Waals surface area contributed by atoms with Crippen LogP contribution in [0.3, 0.4) is 0 Å². The first-order valence-electron chi connectivity index (χ1n) is 8.16. The van der Waals surface area contributed by atoms with E-state index in [0.29, 0.717) is 18.1 Å². The summed E-state index contributed by atoms with van der Waals surface area (Å²) in [5.74, 6) is -1.22. The number of carbonyl (C=O) groups excluding carboxylic acids is 2. The molecule has 26 heavy (non-hydrogen) atoms. The van der Waals surface area contributed by atoms with Gasteiger partial charge in [-0.3, -0.25) is 9.59 Å². The van der Waals surface area contributed by atoms with Crippen molar-refractivity contribution in [3.8, 4) is 5.75 Å². The standard InChI is InChI=1S/C19H20ClFN2O3/c1-2-23(19(25)13-26-17-6-4-3-5-16(17)21)12-18(24)22-11-14-7-9-15(20)10-8-14/h3-10H,2,11-13H2,1H3,(H,22,24). The lowest BCUT2D eigenvalue weighted by molar-refractivity contribution is -0.137. The summed E-state index contributed by atoms with van der Waals surface area (Å²) < 4.78 is 18.7. The fourth-order valence-electron chi connectivity index (χ4n) is 2.20. The number of para-hydroxylation sites is 1. The molecule has 0 aliphatic carbocycles. The fourth-order valence-corrected chi connectivity index (χ4v) is 2.33. The fraction of sp³-hybridized carbons (Fsp3) is 0.263. The number of nitrogens with one attached hydrogen (secondary N) is 1. The average Bonchev–Trinajstić information content (AvgIpc) is 2.64. The van der Waals surface area contributed by atoms with Crippen molar-refractivity contribution in [2.24, 2.45) is 0 Å². The van der Waals surface area contributed by atoms with Crippen LogP contribution in [0.25, 0.3) is 0 Å². The number of nitrogens with zero attached hydrogens (tertiary/aromatic N) is 1. The molecule has 2 aromatic rings. The van der Waals surface area contributed by atoms with Crippen LogP contribution in [-0.4, -0.2) is 36.4 Å². The number of rotatable bonds is 8. The molecule has 0 bridgehead atoms. The van der Waals surface area contributed by atoms with Gasteiger partial charge >= 0.3 is 0 Å². The van der Waals surface area contributed by atoms with E-state index < -0.39 is 11.7 Å². The zero-order valence-corrected chi connectivity index (χ0v) is 15.1. The predicted octanol–water partition coefficient (Wildman–Crippen LogP) is 3.02. The summed E-state index contributed by atoms with van der Waals surface area (Å²) in [6.45, 7) is 2.01. The molecule has 1 N–H and O–H groups in total. The maximum Gasteiger partial charge on any atom is 0.260 e. The number of carbonyl (C=O) groups is 2. The minimum Gasteiger partial charge on any atom is -0.481 e. The summed E-state index contributed by atoms with van der Waals surface area (Å²) >= 11 is 5.81. The van der Waals surface area contributed by atoms with Crippen LogP contribution in [-0.2, 0) is 16.1 Å². The van der Waals surface area contributed by atoms with Gasteiger partial charge in [0, 0.05) is 18.1 Å². The third-order valence-electron chi connectivity index (χ3n) is 3.66. The van der Waals surface area contributed by atoms with E-state index >= 15 is 0 Å². The van der Waals surface area contributed by atoms with Gasteiger partial charge in [-0.25, -0.2) is 4.39 Å². The van der Waals surface area contributed by atoms with E-state index in [2.05, 4.69) is 5.32 Å². The normalized spacial score (nSPS) is 10.3. The maximum atomic E-state index is 13.5. The Bertz CT molecular complexity index is 753. The molecule has 0 unspecified atom stereocenters. The topological polar surface area (TPSA) is 58.6 Å². The lowest BCUT2D eigenvalue weighted by Gasteiger charge is -2.20. The molecule has 0 atom stereocenters. The minimum absolute atomic E-state index is 0.00379. The van der Waals surface area contributed by atoms with Gasteiger partial charge in [0.25, 0.3) is 5.91 Å². The van der Waals surface area contributed by atoms with Crippen LogP contribution in [0.4, 0.5) is 4.39 Å². The zero-order valence-electron chi connectivity index (χ0n) is 14.4. The van der Waals surface area contributed by atoms with Gasteiger partial charge in [0.05, 0.1) is 6.54 Å². The highest BCUT2D eigenvalue weighted by atomic mass is 35.5. The largest absolute Gasteiger partial charge is 0.481 e. The molecule has 5 nitrogen and oxygen atoms in total. The highest BCUT2D eigenvalue weighted by Gasteiger charge is 2.16. The molecule has 2 amide bonds. The number of amides is 2. The van der Waals surface area contributed by atoms with Crippen molar-refractivity contribution in [2.75, 3.05) is 19.7 Å². The highest BCUT2D eigenvalue weighted by molar-refractivity contribution is 6.30. The monoisotopic (exact) mass is 378 g/mol. The summed E-state index contributed by atoms with van der Waals surface area (Å²) in [6, 6.07) is 13.0. The first-order chi connectivity index (χ1) is 12.5. The number of hydrogen-bond acceptors (Lipinski definition) is 3. The van der Waals surface area contributed by atoms with Gasteiger partial charge in [0.1, 0.15) is 0 Å². The lowest BCUT2D eigenvalue weighted by atomic mass is 10.2. The SMILES string of the molecule is CCN(CC(=O)NCc1ccc(Cl)cc1)C(=O)COc1ccccc1F. The number of hydrogen-bond donors (Lipinski definition) is 1. The van der Waals surface area contributed by atoms with Gasteiger partial charge in [-0.05, 0) is 36.8 Å². The Kier molecular flexibility index (Phi) is 7.41. The number of benzene rings is 2. The van der Waals surface area contributed by atoms with Crippen LogP contribution in [0.5, 0.6) is 5.75 Å². The van der Waals surface area contributed by atoms with Crippen LogP contribution >= 0.6 is 11.6 Å². The Morgan fingerprint density at radius 1 is 1.15 bits per heavy atom. The summed E-state index contributed by atoms with van der Waals surface area (Å²) in [5.41, 5.74) is 0.903. The van der Waals surface area contributed by atoms with E-state index in [-0.39, 0.29) is 24.8 Å². The highest BCUT2D eigenvalue weighted by Crippen LogP contribution is 2.15. The second-order valence-electron chi connectivity index (χ2n) is 5.53. The molecule has 0 heterocycles. The van der Waals surface area contributed by atoms with E-state index in [9.17, 15) is 14.0 Å². The summed E-state index contributed by atoms with van der Waals surface area (Å²) in [5, 5.41) is 3.37. The second-order valence-corrected chi connectivity index (χ2v) is 5.97. The van der Waals surface area contributed by atoms with Gasteiger partial charge in [0.2, 0.25) is 5.91 Å². The van der Waals surface area contributed by atoms with Crippen molar-refractivity contribution in [3.05, 3.63) is 64.9 Å². The van der Waals surface area contributed by atoms with Crippen LogP contribution < -0.4 is 10.1 Å². The van der Waals surface area contributed by atoms with Crippen LogP contribution in [0.15, 0.2) is 48.5 Å². The van der Waals surface area contributed by atoms with Crippen molar-refractivity contribution < 1.29 is 18.7 Å². The van der Waals surface area contributed by atoms with E-state index in [0.717, 1.165) is 5.56 Å². The van der Waals surface area contributed by atoms with Gasteiger partial charge in [-0.1, -0.05) is 35.9 Å².